The molecule has 7 heteroatoms. The Hall–Kier alpha value is -0.470. The molecule has 2 aliphatic heterocycles. The van der Waals surface area contributed by atoms with E-state index in [0.717, 1.165) is 19.7 Å². The molecule has 0 spiro atoms. The fraction of sp³-hybridized carbons (Fsp3) is 0.667. The van der Waals surface area contributed by atoms with Crippen molar-refractivity contribution < 1.29 is 13.2 Å². The van der Waals surface area contributed by atoms with Crippen LogP contribution in [-0.2, 0) is 14.8 Å². The molecule has 1 N–H and O–H groups in total. The predicted octanol–water partition coefficient (Wildman–Crippen LogP) is 0.890. The van der Waals surface area contributed by atoms with E-state index in [0.29, 0.717) is 16.8 Å². The van der Waals surface area contributed by atoms with Crippen LogP contribution in [0.25, 0.3) is 0 Å². The zero-order valence-electron chi connectivity index (χ0n) is 10.6. The number of rotatable bonds is 4. The van der Waals surface area contributed by atoms with Gasteiger partial charge in [-0.25, -0.2) is 13.1 Å². The van der Waals surface area contributed by atoms with Gasteiger partial charge in [0.05, 0.1) is 12.7 Å². The highest BCUT2D eigenvalue weighted by Crippen LogP contribution is 2.22. The first-order chi connectivity index (χ1) is 9.15. The highest BCUT2D eigenvalue weighted by Gasteiger charge is 2.32. The first kappa shape index (κ1) is 13.5. The van der Waals surface area contributed by atoms with Crippen LogP contribution in [0.15, 0.2) is 21.7 Å². The first-order valence-corrected chi connectivity index (χ1v) is 8.90. The van der Waals surface area contributed by atoms with Gasteiger partial charge >= 0.3 is 0 Å². The first-order valence-electron chi connectivity index (χ1n) is 6.54. The van der Waals surface area contributed by atoms with Crippen molar-refractivity contribution in [2.45, 2.75) is 29.2 Å². The maximum absolute atomic E-state index is 12.0. The Morgan fingerprint density at radius 2 is 2.42 bits per heavy atom. The fourth-order valence-electron chi connectivity index (χ4n) is 2.70. The molecule has 3 rings (SSSR count). The molecule has 2 saturated heterocycles. The number of hydrogen-bond donors (Lipinski definition) is 1. The number of nitrogens with zero attached hydrogens (tertiary/aromatic N) is 1. The number of ether oxygens (including phenoxy) is 1. The lowest BCUT2D eigenvalue weighted by Crippen LogP contribution is -2.49. The van der Waals surface area contributed by atoms with Crippen molar-refractivity contribution in [3.05, 3.63) is 17.5 Å². The van der Waals surface area contributed by atoms with E-state index in [9.17, 15) is 8.42 Å². The van der Waals surface area contributed by atoms with Gasteiger partial charge in [0.25, 0.3) is 0 Å². The summed E-state index contributed by atoms with van der Waals surface area (Å²) >= 11 is 1.23. The molecule has 19 heavy (non-hydrogen) atoms. The Morgan fingerprint density at radius 1 is 1.53 bits per heavy atom. The molecule has 2 atom stereocenters. The van der Waals surface area contributed by atoms with E-state index in [4.69, 9.17) is 4.74 Å². The molecule has 5 nitrogen and oxygen atoms in total. The third-order valence-electron chi connectivity index (χ3n) is 3.72. The summed E-state index contributed by atoms with van der Waals surface area (Å²) in [6.45, 7) is 3.02. The Morgan fingerprint density at radius 3 is 3.21 bits per heavy atom. The van der Waals surface area contributed by atoms with Gasteiger partial charge in [-0.2, -0.15) is 0 Å². The molecule has 0 saturated carbocycles. The van der Waals surface area contributed by atoms with Crippen molar-refractivity contribution in [2.75, 3.05) is 26.2 Å². The lowest BCUT2D eigenvalue weighted by molar-refractivity contribution is -0.0448. The van der Waals surface area contributed by atoms with Crippen molar-refractivity contribution in [2.24, 2.45) is 0 Å². The van der Waals surface area contributed by atoms with Crippen LogP contribution in [0.2, 0.25) is 0 Å². The number of thiophene rings is 1. The monoisotopic (exact) mass is 302 g/mol. The summed E-state index contributed by atoms with van der Waals surface area (Å²) in [5, 5.41) is 1.76. The Balaban J connectivity index is 1.55. The summed E-state index contributed by atoms with van der Waals surface area (Å²) < 4.78 is 32.7. The van der Waals surface area contributed by atoms with Gasteiger partial charge in [-0.05, 0) is 30.8 Å². The number of fused-ring (bicyclic) bond motifs is 1. The minimum Gasteiger partial charge on any atom is -0.374 e. The number of morpholine rings is 1. The van der Waals surface area contributed by atoms with Crippen molar-refractivity contribution in [3.63, 3.8) is 0 Å². The third kappa shape index (κ3) is 3.00. The quantitative estimate of drug-likeness (QED) is 0.897. The van der Waals surface area contributed by atoms with Gasteiger partial charge in [0.1, 0.15) is 4.21 Å². The molecular weight excluding hydrogens is 284 g/mol. The van der Waals surface area contributed by atoms with E-state index >= 15 is 0 Å². The molecule has 1 aromatic heterocycles. The van der Waals surface area contributed by atoms with Crippen LogP contribution in [0.3, 0.4) is 0 Å². The van der Waals surface area contributed by atoms with Gasteiger partial charge in [0, 0.05) is 19.1 Å². The summed E-state index contributed by atoms with van der Waals surface area (Å²) in [6.07, 6.45) is 2.39. The van der Waals surface area contributed by atoms with E-state index < -0.39 is 10.0 Å². The van der Waals surface area contributed by atoms with Crippen LogP contribution in [0.4, 0.5) is 0 Å². The van der Waals surface area contributed by atoms with Crippen LogP contribution in [0.1, 0.15) is 12.8 Å². The van der Waals surface area contributed by atoms with E-state index in [1.165, 1.54) is 24.2 Å². The molecular formula is C12H18N2O3S2. The summed E-state index contributed by atoms with van der Waals surface area (Å²) in [5.74, 6) is 0. The second-order valence-corrected chi connectivity index (χ2v) is 7.97. The maximum atomic E-state index is 12.0. The van der Waals surface area contributed by atoms with Gasteiger partial charge in [0.15, 0.2) is 0 Å². The van der Waals surface area contributed by atoms with E-state index in [2.05, 4.69) is 9.62 Å². The Labute approximate surface area is 117 Å². The number of hydrogen-bond acceptors (Lipinski definition) is 5. The maximum Gasteiger partial charge on any atom is 0.250 e. The molecule has 0 aliphatic carbocycles. The van der Waals surface area contributed by atoms with Crippen LogP contribution >= 0.6 is 11.3 Å². The SMILES string of the molecule is O=S(=O)(NC[C@H]1CN2CCC[C@H]2CO1)c1cccs1. The minimum absolute atomic E-state index is 0.0379. The number of nitrogens with one attached hydrogen (secondary N) is 1. The average molecular weight is 302 g/mol. The molecule has 2 fully saturated rings. The smallest absolute Gasteiger partial charge is 0.250 e. The summed E-state index contributed by atoms with van der Waals surface area (Å²) in [5.41, 5.74) is 0. The van der Waals surface area contributed by atoms with Gasteiger partial charge in [-0.3, -0.25) is 4.90 Å². The van der Waals surface area contributed by atoms with Gasteiger partial charge in [0.2, 0.25) is 10.0 Å². The topological polar surface area (TPSA) is 58.6 Å². The van der Waals surface area contributed by atoms with Crippen LogP contribution in [-0.4, -0.2) is 51.7 Å². The lowest BCUT2D eigenvalue weighted by Gasteiger charge is -2.35. The highest BCUT2D eigenvalue weighted by atomic mass is 32.2. The van der Waals surface area contributed by atoms with Crippen LogP contribution < -0.4 is 4.72 Å². The summed E-state index contributed by atoms with van der Waals surface area (Å²) in [7, 11) is -3.37. The van der Waals surface area contributed by atoms with E-state index in [-0.39, 0.29) is 6.10 Å². The lowest BCUT2D eigenvalue weighted by atomic mass is 10.2. The molecule has 0 unspecified atom stereocenters. The summed E-state index contributed by atoms with van der Waals surface area (Å²) in [4.78, 5) is 2.41. The molecule has 1 aromatic rings. The molecule has 2 aliphatic rings. The van der Waals surface area contributed by atoms with Crippen LogP contribution in [0.5, 0.6) is 0 Å². The molecule has 0 bridgehead atoms. The Bertz CT molecular complexity index is 515. The van der Waals surface area contributed by atoms with Crippen molar-refractivity contribution >= 4 is 21.4 Å². The van der Waals surface area contributed by atoms with E-state index in [1.54, 1.807) is 17.5 Å². The molecule has 0 aromatic carbocycles. The van der Waals surface area contributed by atoms with Gasteiger partial charge < -0.3 is 4.74 Å². The highest BCUT2D eigenvalue weighted by molar-refractivity contribution is 7.91. The fourth-order valence-corrected chi connectivity index (χ4v) is 4.80. The average Bonchev–Trinajstić information content (AvgIpc) is 3.07. The molecule has 0 amide bonds. The predicted molar refractivity (Wildman–Crippen MR) is 73.8 cm³/mol. The summed E-state index contributed by atoms with van der Waals surface area (Å²) in [6, 6.07) is 3.90. The van der Waals surface area contributed by atoms with Crippen molar-refractivity contribution in [1.29, 1.82) is 0 Å². The van der Waals surface area contributed by atoms with Gasteiger partial charge in [-0.15, -0.1) is 11.3 Å². The zero-order chi connectivity index (χ0) is 13.3. The molecule has 0 radical (unpaired) electrons. The number of sulfonamides is 1. The van der Waals surface area contributed by atoms with E-state index in [1.807, 2.05) is 0 Å². The molecule has 3 heterocycles. The van der Waals surface area contributed by atoms with Crippen molar-refractivity contribution in [1.82, 2.24) is 9.62 Å². The van der Waals surface area contributed by atoms with Crippen LogP contribution in [0, 0.1) is 0 Å². The third-order valence-corrected chi connectivity index (χ3v) is 6.54. The second-order valence-electron chi connectivity index (χ2n) is 5.03. The van der Waals surface area contributed by atoms with Crippen molar-refractivity contribution in [3.8, 4) is 0 Å². The standard InChI is InChI=1S/C12H18N2O3S2/c15-19(16,12-4-2-6-18-12)13-7-11-8-14-5-1-3-10(14)9-17-11/h2,4,6,10-11,13H,1,3,5,7-9H2/t10-,11-/m0/s1. The second kappa shape index (κ2) is 5.49. The minimum atomic E-state index is -3.37. The normalized spacial score (nSPS) is 28.4. The largest absolute Gasteiger partial charge is 0.374 e. The molecule has 106 valence electrons. The van der Waals surface area contributed by atoms with Gasteiger partial charge in [-0.1, -0.05) is 6.07 Å². The Kier molecular flexibility index (Phi) is 3.91. The zero-order valence-corrected chi connectivity index (χ0v) is 12.3.